The molecule has 0 spiro atoms. The van der Waals surface area contributed by atoms with Crippen molar-refractivity contribution in [2.24, 2.45) is 13.0 Å². The lowest BCUT2D eigenvalue weighted by atomic mass is 10.0. The maximum atomic E-state index is 6.26. The molecule has 0 aliphatic heterocycles. The van der Waals surface area contributed by atoms with Gasteiger partial charge in [-0.15, -0.1) is 0 Å². The largest absolute Gasteiger partial charge is 0.369 e. The Morgan fingerprint density at radius 3 is 2.81 bits per heavy atom. The average Bonchev–Trinajstić information content (AvgIpc) is 2.82. The molecule has 2 N–H and O–H groups in total. The van der Waals surface area contributed by atoms with E-state index < -0.39 is 0 Å². The molecule has 116 valence electrons. The number of nitrogens with two attached hydrogens (primary N) is 1. The second-order valence-corrected chi connectivity index (χ2v) is 6.60. The van der Waals surface area contributed by atoms with Gasteiger partial charge >= 0.3 is 0 Å². The van der Waals surface area contributed by atoms with E-state index in [1.807, 2.05) is 11.7 Å². The molecule has 3 rings (SSSR count). The van der Waals surface area contributed by atoms with Crippen molar-refractivity contribution in [1.29, 1.82) is 0 Å². The fourth-order valence-corrected chi connectivity index (χ4v) is 3.71. The molecule has 0 amide bonds. The number of nitrogens with zero attached hydrogens (tertiary/aromatic N) is 4. The first-order valence-corrected chi connectivity index (χ1v) is 8.31. The molecule has 0 bridgehead atoms. The molecule has 21 heavy (non-hydrogen) atoms. The van der Waals surface area contributed by atoms with E-state index in [1.165, 1.54) is 32.1 Å². The van der Waals surface area contributed by atoms with Crippen LogP contribution in [0.4, 0.5) is 5.95 Å². The standard InChI is InChI=1S/C16H27N5/c1-4-6-13-14-15(20(3)19-13)21(16(17)18-14)12-8-5-7-11(2)9-10-12/h11-12H,4-10H2,1-3H3,(H2,17,18). The second kappa shape index (κ2) is 5.70. The number of rotatable bonds is 3. The fourth-order valence-electron chi connectivity index (χ4n) is 3.71. The van der Waals surface area contributed by atoms with Gasteiger partial charge in [0.25, 0.3) is 0 Å². The highest BCUT2D eigenvalue weighted by atomic mass is 15.4. The van der Waals surface area contributed by atoms with Crippen molar-refractivity contribution >= 4 is 17.1 Å². The Morgan fingerprint density at radius 1 is 1.24 bits per heavy atom. The zero-order valence-electron chi connectivity index (χ0n) is 13.5. The van der Waals surface area contributed by atoms with Crippen LogP contribution in [0.15, 0.2) is 0 Å². The second-order valence-electron chi connectivity index (χ2n) is 6.60. The van der Waals surface area contributed by atoms with Gasteiger partial charge in [-0.3, -0.25) is 9.25 Å². The number of nitrogen functional groups attached to an aromatic ring is 1. The van der Waals surface area contributed by atoms with Crippen molar-refractivity contribution in [3.05, 3.63) is 5.69 Å². The van der Waals surface area contributed by atoms with E-state index >= 15 is 0 Å². The Labute approximate surface area is 126 Å². The number of hydrogen-bond acceptors (Lipinski definition) is 3. The number of aromatic nitrogens is 4. The average molecular weight is 289 g/mol. The highest BCUT2D eigenvalue weighted by molar-refractivity contribution is 5.78. The third-order valence-corrected chi connectivity index (χ3v) is 4.84. The maximum absolute atomic E-state index is 6.26. The number of fused-ring (bicyclic) bond motifs is 1. The first kappa shape index (κ1) is 14.4. The van der Waals surface area contributed by atoms with Gasteiger partial charge in [-0.2, -0.15) is 5.10 Å². The molecule has 2 aromatic rings. The lowest BCUT2D eigenvalue weighted by Crippen LogP contribution is -2.13. The Kier molecular flexibility index (Phi) is 3.91. The molecule has 5 nitrogen and oxygen atoms in total. The van der Waals surface area contributed by atoms with Gasteiger partial charge in [-0.1, -0.05) is 33.1 Å². The Balaban J connectivity index is 2.03. The topological polar surface area (TPSA) is 61.7 Å². The van der Waals surface area contributed by atoms with Gasteiger partial charge in [-0.05, 0) is 31.6 Å². The van der Waals surface area contributed by atoms with Gasteiger partial charge in [0, 0.05) is 13.1 Å². The van der Waals surface area contributed by atoms with Crippen LogP contribution in [0.1, 0.15) is 64.1 Å². The monoisotopic (exact) mass is 289 g/mol. The van der Waals surface area contributed by atoms with Crippen molar-refractivity contribution in [2.75, 3.05) is 5.73 Å². The molecule has 1 fully saturated rings. The van der Waals surface area contributed by atoms with Gasteiger partial charge in [0.05, 0.1) is 5.69 Å². The summed E-state index contributed by atoms with van der Waals surface area (Å²) >= 11 is 0. The highest BCUT2D eigenvalue weighted by Crippen LogP contribution is 2.35. The SMILES string of the molecule is CCCc1nn(C)c2c1nc(N)n2C1CCCC(C)CC1. The molecule has 5 heteroatoms. The van der Waals surface area contributed by atoms with Gasteiger partial charge in [-0.25, -0.2) is 4.98 Å². The van der Waals surface area contributed by atoms with Crippen LogP contribution < -0.4 is 5.73 Å². The van der Waals surface area contributed by atoms with Crippen LogP contribution in [-0.4, -0.2) is 19.3 Å². The summed E-state index contributed by atoms with van der Waals surface area (Å²) in [5, 5.41) is 4.65. The summed E-state index contributed by atoms with van der Waals surface area (Å²) in [6, 6.07) is 0.477. The summed E-state index contributed by atoms with van der Waals surface area (Å²) in [6.45, 7) is 4.53. The fraction of sp³-hybridized carbons (Fsp3) is 0.750. The van der Waals surface area contributed by atoms with Crippen LogP contribution in [0.2, 0.25) is 0 Å². The zero-order valence-corrected chi connectivity index (χ0v) is 13.5. The number of anilines is 1. The third kappa shape index (κ3) is 2.54. The minimum atomic E-state index is 0.477. The van der Waals surface area contributed by atoms with E-state index in [-0.39, 0.29) is 0 Å². The predicted molar refractivity (Wildman–Crippen MR) is 86.2 cm³/mol. The van der Waals surface area contributed by atoms with Gasteiger partial charge < -0.3 is 5.73 Å². The molecule has 2 unspecified atom stereocenters. The van der Waals surface area contributed by atoms with Crippen molar-refractivity contribution in [2.45, 2.75) is 64.8 Å². The summed E-state index contributed by atoms with van der Waals surface area (Å²) in [6.07, 6.45) is 8.35. The molecule has 2 atom stereocenters. The van der Waals surface area contributed by atoms with E-state index in [9.17, 15) is 0 Å². The Morgan fingerprint density at radius 2 is 2.05 bits per heavy atom. The minimum absolute atomic E-state index is 0.477. The summed E-state index contributed by atoms with van der Waals surface area (Å²) in [5.74, 6) is 1.49. The van der Waals surface area contributed by atoms with Crippen LogP contribution in [0.25, 0.3) is 11.2 Å². The van der Waals surface area contributed by atoms with E-state index in [1.54, 1.807) is 0 Å². The first-order chi connectivity index (χ1) is 10.1. The van der Waals surface area contributed by atoms with Gasteiger partial charge in [0.1, 0.15) is 5.52 Å². The summed E-state index contributed by atoms with van der Waals surface area (Å²) in [5.41, 5.74) is 9.46. The number of aryl methyl sites for hydroxylation is 2. The van der Waals surface area contributed by atoms with E-state index in [0.29, 0.717) is 12.0 Å². The highest BCUT2D eigenvalue weighted by Gasteiger charge is 2.25. The molecule has 1 aliphatic rings. The Bertz CT molecular complexity index is 624. The van der Waals surface area contributed by atoms with Crippen LogP contribution in [0.5, 0.6) is 0 Å². The summed E-state index contributed by atoms with van der Waals surface area (Å²) in [7, 11) is 2.01. The quantitative estimate of drug-likeness (QED) is 0.880. The normalized spacial score (nSPS) is 23.6. The van der Waals surface area contributed by atoms with Crippen molar-refractivity contribution in [3.8, 4) is 0 Å². The van der Waals surface area contributed by atoms with Crippen molar-refractivity contribution in [1.82, 2.24) is 19.3 Å². The van der Waals surface area contributed by atoms with E-state index in [2.05, 4.69) is 28.5 Å². The molecule has 2 heterocycles. The third-order valence-electron chi connectivity index (χ3n) is 4.84. The first-order valence-electron chi connectivity index (χ1n) is 8.31. The molecule has 0 saturated heterocycles. The molecule has 0 radical (unpaired) electrons. The van der Waals surface area contributed by atoms with Gasteiger partial charge in [0.15, 0.2) is 5.65 Å². The van der Waals surface area contributed by atoms with Crippen molar-refractivity contribution < 1.29 is 0 Å². The lowest BCUT2D eigenvalue weighted by molar-refractivity contribution is 0.440. The molecular formula is C16H27N5. The minimum Gasteiger partial charge on any atom is -0.369 e. The number of hydrogen-bond donors (Lipinski definition) is 1. The lowest BCUT2D eigenvalue weighted by Gasteiger charge is -2.18. The van der Waals surface area contributed by atoms with E-state index in [4.69, 9.17) is 5.73 Å². The molecule has 1 saturated carbocycles. The number of imidazole rings is 1. The van der Waals surface area contributed by atoms with E-state index in [0.717, 1.165) is 35.6 Å². The summed E-state index contributed by atoms with van der Waals surface area (Å²) in [4.78, 5) is 4.63. The summed E-state index contributed by atoms with van der Waals surface area (Å²) < 4.78 is 4.22. The zero-order chi connectivity index (χ0) is 15.0. The molecular weight excluding hydrogens is 262 g/mol. The van der Waals surface area contributed by atoms with Crippen LogP contribution in [-0.2, 0) is 13.5 Å². The van der Waals surface area contributed by atoms with Crippen LogP contribution in [0, 0.1) is 5.92 Å². The van der Waals surface area contributed by atoms with Crippen molar-refractivity contribution in [3.63, 3.8) is 0 Å². The van der Waals surface area contributed by atoms with Crippen LogP contribution >= 0.6 is 0 Å². The van der Waals surface area contributed by atoms with Gasteiger partial charge in [0.2, 0.25) is 5.95 Å². The molecule has 0 aromatic carbocycles. The predicted octanol–water partition coefficient (Wildman–Crippen LogP) is 3.45. The van der Waals surface area contributed by atoms with Crippen LogP contribution in [0.3, 0.4) is 0 Å². The Hall–Kier alpha value is -1.52. The maximum Gasteiger partial charge on any atom is 0.202 e. The smallest absolute Gasteiger partial charge is 0.202 e. The molecule has 1 aliphatic carbocycles. The molecule has 2 aromatic heterocycles.